The number of nitriles is 1. The lowest BCUT2D eigenvalue weighted by atomic mass is 9.90. The fourth-order valence-corrected chi connectivity index (χ4v) is 3.44. The molecule has 0 amide bonds. The van der Waals surface area contributed by atoms with E-state index < -0.39 is 5.60 Å². The molecule has 0 saturated heterocycles. The van der Waals surface area contributed by atoms with E-state index in [1.54, 1.807) is 35.3 Å². The van der Waals surface area contributed by atoms with Gasteiger partial charge in [0.25, 0.3) is 0 Å². The molecule has 0 saturated carbocycles. The molecule has 0 aliphatic rings. The highest BCUT2D eigenvalue weighted by Crippen LogP contribution is 2.36. The van der Waals surface area contributed by atoms with Crippen molar-refractivity contribution >= 4 is 23.4 Å². The van der Waals surface area contributed by atoms with E-state index in [1.165, 1.54) is 18.1 Å². The fraction of sp³-hybridized carbons (Fsp3) is 0.400. The standard InChI is InChI=1S/C15H17ClN4OS/c1-11(7-17)22-12(2)15(21,8-20-10-18-9-19-20)13-3-5-14(16)6-4-13/h3-6,9-12,21H,8H2,1-2H3. The van der Waals surface area contributed by atoms with Gasteiger partial charge in [-0.15, -0.1) is 11.8 Å². The zero-order chi connectivity index (χ0) is 16.2. The first-order valence-corrected chi connectivity index (χ1v) is 8.13. The van der Waals surface area contributed by atoms with Crippen molar-refractivity contribution in [2.45, 2.75) is 36.5 Å². The second kappa shape index (κ2) is 7.14. The summed E-state index contributed by atoms with van der Waals surface area (Å²) < 4.78 is 1.59. The van der Waals surface area contributed by atoms with Crippen molar-refractivity contribution in [3.63, 3.8) is 0 Å². The van der Waals surface area contributed by atoms with E-state index in [0.29, 0.717) is 5.02 Å². The van der Waals surface area contributed by atoms with Crippen LogP contribution in [0.15, 0.2) is 36.9 Å². The van der Waals surface area contributed by atoms with Crippen LogP contribution in [0.3, 0.4) is 0 Å². The number of aromatic nitrogens is 3. The monoisotopic (exact) mass is 336 g/mol. The number of aliphatic hydroxyl groups is 1. The van der Waals surface area contributed by atoms with Gasteiger partial charge in [-0.25, -0.2) is 9.67 Å². The number of benzene rings is 1. The number of hydrogen-bond donors (Lipinski definition) is 1. The summed E-state index contributed by atoms with van der Waals surface area (Å²) in [4.78, 5) is 3.91. The maximum atomic E-state index is 11.3. The third kappa shape index (κ3) is 3.80. The predicted molar refractivity (Wildman–Crippen MR) is 87.5 cm³/mol. The molecule has 0 fully saturated rings. The summed E-state index contributed by atoms with van der Waals surface area (Å²) in [6.45, 7) is 3.98. The summed E-state index contributed by atoms with van der Waals surface area (Å²) in [6, 6.07) is 9.27. The molecule has 5 nitrogen and oxygen atoms in total. The molecular formula is C15H17ClN4OS. The number of thioether (sulfide) groups is 1. The normalized spacial score (nSPS) is 16.5. The molecule has 0 radical (unpaired) electrons. The van der Waals surface area contributed by atoms with Crippen molar-refractivity contribution in [1.29, 1.82) is 5.26 Å². The van der Waals surface area contributed by atoms with E-state index in [0.717, 1.165) is 5.56 Å². The van der Waals surface area contributed by atoms with Gasteiger partial charge in [0.1, 0.15) is 18.3 Å². The zero-order valence-electron chi connectivity index (χ0n) is 12.3. The topological polar surface area (TPSA) is 74.7 Å². The Bertz CT molecular complexity index is 641. The summed E-state index contributed by atoms with van der Waals surface area (Å²) >= 11 is 7.36. The van der Waals surface area contributed by atoms with Crippen LogP contribution in [0, 0.1) is 11.3 Å². The Labute approximate surface area is 138 Å². The van der Waals surface area contributed by atoms with Gasteiger partial charge in [0.2, 0.25) is 0 Å². The molecule has 3 unspecified atom stereocenters. The van der Waals surface area contributed by atoms with E-state index in [1.807, 2.05) is 13.8 Å². The highest BCUT2D eigenvalue weighted by molar-refractivity contribution is 8.00. The third-order valence-corrected chi connectivity index (χ3v) is 5.04. The summed E-state index contributed by atoms with van der Waals surface area (Å²) in [5, 5.41) is 24.6. The molecule has 0 aliphatic carbocycles. The van der Waals surface area contributed by atoms with E-state index in [4.69, 9.17) is 16.9 Å². The zero-order valence-corrected chi connectivity index (χ0v) is 13.9. The molecule has 1 N–H and O–H groups in total. The van der Waals surface area contributed by atoms with Crippen molar-refractivity contribution < 1.29 is 5.11 Å². The Morgan fingerprint density at radius 2 is 2.09 bits per heavy atom. The van der Waals surface area contributed by atoms with Gasteiger partial charge in [0.05, 0.1) is 17.9 Å². The molecular weight excluding hydrogens is 320 g/mol. The Morgan fingerprint density at radius 3 is 2.64 bits per heavy atom. The van der Waals surface area contributed by atoms with Crippen LogP contribution in [0.25, 0.3) is 0 Å². The van der Waals surface area contributed by atoms with Crippen LogP contribution < -0.4 is 0 Å². The minimum absolute atomic E-state index is 0.215. The van der Waals surface area contributed by atoms with Crippen molar-refractivity contribution in [1.82, 2.24) is 14.8 Å². The quantitative estimate of drug-likeness (QED) is 0.878. The molecule has 0 spiro atoms. The van der Waals surface area contributed by atoms with Crippen molar-refractivity contribution in [3.8, 4) is 6.07 Å². The van der Waals surface area contributed by atoms with Crippen LogP contribution in [-0.2, 0) is 12.1 Å². The van der Waals surface area contributed by atoms with Gasteiger partial charge in [-0.1, -0.05) is 30.7 Å². The second-order valence-corrected chi connectivity index (χ2v) is 7.20. The summed E-state index contributed by atoms with van der Waals surface area (Å²) in [7, 11) is 0. The van der Waals surface area contributed by atoms with Gasteiger partial charge in [-0.05, 0) is 24.6 Å². The summed E-state index contributed by atoms with van der Waals surface area (Å²) in [6.07, 6.45) is 2.99. The summed E-state index contributed by atoms with van der Waals surface area (Å²) in [5.41, 5.74) is -0.453. The second-order valence-electron chi connectivity index (χ2n) is 5.07. The van der Waals surface area contributed by atoms with Crippen LogP contribution in [-0.4, -0.2) is 30.4 Å². The SMILES string of the molecule is CC(C#N)SC(C)C(O)(Cn1cncn1)c1ccc(Cl)cc1. The maximum Gasteiger partial charge on any atom is 0.137 e. The first kappa shape index (κ1) is 16.8. The molecule has 2 rings (SSSR count). The lowest BCUT2D eigenvalue weighted by molar-refractivity contribution is 0.0167. The highest BCUT2D eigenvalue weighted by atomic mass is 35.5. The van der Waals surface area contributed by atoms with Gasteiger partial charge in [-0.2, -0.15) is 10.4 Å². The van der Waals surface area contributed by atoms with E-state index in [-0.39, 0.29) is 17.0 Å². The van der Waals surface area contributed by atoms with Gasteiger partial charge >= 0.3 is 0 Å². The first-order valence-electron chi connectivity index (χ1n) is 6.81. The van der Waals surface area contributed by atoms with E-state index in [9.17, 15) is 5.11 Å². The Hall–Kier alpha value is -1.55. The minimum Gasteiger partial charge on any atom is -0.382 e. The highest BCUT2D eigenvalue weighted by Gasteiger charge is 2.38. The lowest BCUT2D eigenvalue weighted by Crippen LogP contribution is -2.41. The predicted octanol–water partition coefficient (Wildman–Crippen LogP) is 2.85. The van der Waals surface area contributed by atoms with Gasteiger partial charge in [0, 0.05) is 10.3 Å². The molecule has 1 heterocycles. The van der Waals surface area contributed by atoms with Gasteiger partial charge in [-0.3, -0.25) is 0 Å². The van der Waals surface area contributed by atoms with Crippen LogP contribution >= 0.6 is 23.4 Å². The summed E-state index contributed by atoms with van der Waals surface area (Å²) in [5.74, 6) is 0. The van der Waals surface area contributed by atoms with Crippen LogP contribution in [0.2, 0.25) is 5.02 Å². The van der Waals surface area contributed by atoms with Crippen LogP contribution in [0.4, 0.5) is 0 Å². The van der Waals surface area contributed by atoms with Crippen molar-refractivity contribution in [3.05, 3.63) is 47.5 Å². The van der Waals surface area contributed by atoms with E-state index in [2.05, 4.69) is 16.2 Å². The number of nitrogens with zero attached hydrogens (tertiary/aromatic N) is 4. The average Bonchev–Trinajstić information content (AvgIpc) is 3.00. The van der Waals surface area contributed by atoms with Crippen molar-refractivity contribution in [2.24, 2.45) is 0 Å². The van der Waals surface area contributed by atoms with Crippen LogP contribution in [0.5, 0.6) is 0 Å². The van der Waals surface area contributed by atoms with Gasteiger partial charge < -0.3 is 5.11 Å². The molecule has 1 aromatic carbocycles. The molecule has 7 heteroatoms. The fourth-order valence-electron chi connectivity index (χ4n) is 2.20. The van der Waals surface area contributed by atoms with E-state index >= 15 is 0 Å². The average molecular weight is 337 g/mol. The Balaban J connectivity index is 2.34. The molecule has 22 heavy (non-hydrogen) atoms. The lowest BCUT2D eigenvalue weighted by Gasteiger charge is -2.34. The maximum absolute atomic E-state index is 11.3. The smallest absolute Gasteiger partial charge is 0.137 e. The molecule has 1 aromatic heterocycles. The molecule has 0 aliphatic heterocycles. The Morgan fingerprint density at radius 1 is 1.41 bits per heavy atom. The Kier molecular flexibility index (Phi) is 5.46. The van der Waals surface area contributed by atoms with Crippen molar-refractivity contribution in [2.75, 3.05) is 0 Å². The first-order chi connectivity index (χ1) is 10.5. The largest absolute Gasteiger partial charge is 0.382 e. The minimum atomic E-state index is -1.19. The van der Waals surface area contributed by atoms with Gasteiger partial charge in [0.15, 0.2) is 0 Å². The molecule has 116 valence electrons. The number of hydrogen-bond acceptors (Lipinski definition) is 5. The molecule has 3 atom stereocenters. The third-order valence-electron chi connectivity index (χ3n) is 3.48. The van der Waals surface area contributed by atoms with Crippen LogP contribution in [0.1, 0.15) is 19.4 Å². The number of rotatable bonds is 6. The molecule has 2 aromatic rings. The number of halogens is 1. The molecule has 0 bridgehead atoms.